The summed E-state index contributed by atoms with van der Waals surface area (Å²) in [5, 5.41) is 15.8. The van der Waals surface area contributed by atoms with Gasteiger partial charge < -0.3 is 10.0 Å². The van der Waals surface area contributed by atoms with Gasteiger partial charge in [0, 0.05) is 12.5 Å². The summed E-state index contributed by atoms with van der Waals surface area (Å²) >= 11 is 0. The molecule has 0 spiro atoms. The quantitative estimate of drug-likeness (QED) is 0.845. The Morgan fingerprint density at radius 2 is 2.16 bits per heavy atom. The van der Waals surface area contributed by atoms with Crippen molar-refractivity contribution in [2.75, 3.05) is 6.54 Å². The molecule has 0 aliphatic carbocycles. The molecule has 2 atom stereocenters. The van der Waals surface area contributed by atoms with Gasteiger partial charge in [-0.05, 0) is 12.3 Å². The van der Waals surface area contributed by atoms with E-state index in [1.54, 1.807) is 0 Å². The highest BCUT2D eigenvalue weighted by molar-refractivity contribution is 5.94. The number of carboxylic acids is 1. The van der Waals surface area contributed by atoms with Gasteiger partial charge in [-0.3, -0.25) is 9.89 Å². The van der Waals surface area contributed by atoms with Gasteiger partial charge >= 0.3 is 5.97 Å². The molecule has 1 aliphatic rings. The van der Waals surface area contributed by atoms with Crippen molar-refractivity contribution < 1.29 is 14.7 Å². The molecule has 0 saturated carbocycles. The van der Waals surface area contributed by atoms with Crippen LogP contribution in [0.3, 0.4) is 0 Å². The van der Waals surface area contributed by atoms with Crippen molar-refractivity contribution in [3.63, 3.8) is 0 Å². The van der Waals surface area contributed by atoms with Crippen molar-refractivity contribution in [1.82, 2.24) is 20.1 Å². The number of aromatic nitrogens is 3. The standard InChI is InChI=1S/C12H18N4O3/c1-6(2)9-13-10(15-14-9)11(17)16-5-4-7(3)8(16)12(18)19/h6-8H,4-5H2,1-3H3,(H,18,19)(H,13,14,15). The van der Waals surface area contributed by atoms with Gasteiger partial charge in [-0.2, -0.15) is 0 Å². The summed E-state index contributed by atoms with van der Waals surface area (Å²) in [7, 11) is 0. The third kappa shape index (κ3) is 2.45. The molecule has 0 aromatic carbocycles. The van der Waals surface area contributed by atoms with Crippen molar-refractivity contribution in [2.45, 2.75) is 39.2 Å². The summed E-state index contributed by atoms with van der Waals surface area (Å²) in [5.41, 5.74) is 0. The van der Waals surface area contributed by atoms with E-state index >= 15 is 0 Å². The summed E-state index contributed by atoms with van der Waals surface area (Å²) < 4.78 is 0. The van der Waals surface area contributed by atoms with Crippen LogP contribution in [0.15, 0.2) is 0 Å². The zero-order chi connectivity index (χ0) is 14.2. The summed E-state index contributed by atoms with van der Waals surface area (Å²) in [6.45, 7) is 6.14. The van der Waals surface area contributed by atoms with Crippen LogP contribution >= 0.6 is 0 Å². The number of nitrogens with one attached hydrogen (secondary N) is 1. The zero-order valence-corrected chi connectivity index (χ0v) is 11.3. The highest BCUT2D eigenvalue weighted by Crippen LogP contribution is 2.25. The number of carbonyl (C=O) groups is 2. The fraction of sp³-hybridized carbons (Fsp3) is 0.667. The van der Waals surface area contributed by atoms with Gasteiger partial charge in [0.05, 0.1) is 0 Å². The van der Waals surface area contributed by atoms with Crippen molar-refractivity contribution in [2.24, 2.45) is 5.92 Å². The van der Waals surface area contributed by atoms with E-state index < -0.39 is 17.9 Å². The van der Waals surface area contributed by atoms with Crippen molar-refractivity contribution in [3.05, 3.63) is 11.6 Å². The number of H-pyrrole nitrogens is 1. The molecule has 2 rings (SSSR count). The van der Waals surface area contributed by atoms with Gasteiger partial charge in [0.1, 0.15) is 11.9 Å². The molecule has 0 bridgehead atoms. The molecule has 1 aromatic rings. The van der Waals surface area contributed by atoms with Gasteiger partial charge in [-0.25, -0.2) is 9.78 Å². The van der Waals surface area contributed by atoms with E-state index in [4.69, 9.17) is 0 Å². The average Bonchev–Trinajstić information content (AvgIpc) is 2.93. The lowest BCUT2D eigenvalue weighted by atomic mass is 10.0. The maximum atomic E-state index is 12.3. The number of nitrogens with zero attached hydrogens (tertiary/aromatic N) is 3. The number of hydrogen-bond donors (Lipinski definition) is 2. The van der Waals surface area contributed by atoms with Crippen LogP contribution in [0.25, 0.3) is 0 Å². The number of aromatic amines is 1. The molecule has 2 N–H and O–H groups in total. The fourth-order valence-corrected chi connectivity index (χ4v) is 2.31. The van der Waals surface area contributed by atoms with E-state index in [1.807, 2.05) is 20.8 Å². The molecular formula is C12H18N4O3. The van der Waals surface area contributed by atoms with E-state index in [0.717, 1.165) is 0 Å². The Morgan fingerprint density at radius 3 is 2.68 bits per heavy atom. The molecule has 7 heteroatoms. The van der Waals surface area contributed by atoms with Crippen molar-refractivity contribution in [3.8, 4) is 0 Å². The second kappa shape index (κ2) is 4.99. The Labute approximate surface area is 111 Å². The van der Waals surface area contributed by atoms with Crippen LogP contribution in [0.2, 0.25) is 0 Å². The van der Waals surface area contributed by atoms with Crippen LogP contribution in [-0.2, 0) is 4.79 Å². The van der Waals surface area contributed by atoms with E-state index in [2.05, 4.69) is 15.2 Å². The lowest BCUT2D eigenvalue weighted by Crippen LogP contribution is -2.43. The van der Waals surface area contributed by atoms with Crippen LogP contribution in [-0.4, -0.2) is 49.7 Å². The average molecular weight is 266 g/mol. The second-order valence-electron chi connectivity index (χ2n) is 5.25. The zero-order valence-electron chi connectivity index (χ0n) is 11.3. The van der Waals surface area contributed by atoms with Crippen LogP contribution in [0.5, 0.6) is 0 Å². The number of carboxylic acid groups (broad SMARTS) is 1. The molecule has 1 amide bonds. The molecule has 1 aliphatic heterocycles. The molecular weight excluding hydrogens is 248 g/mol. The first-order chi connectivity index (χ1) is 8.91. The Kier molecular flexibility index (Phi) is 3.55. The number of amides is 1. The van der Waals surface area contributed by atoms with Crippen LogP contribution in [0.4, 0.5) is 0 Å². The molecule has 104 valence electrons. The number of hydrogen-bond acceptors (Lipinski definition) is 4. The van der Waals surface area contributed by atoms with Gasteiger partial charge in [0.25, 0.3) is 5.91 Å². The number of carbonyl (C=O) groups excluding carboxylic acids is 1. The molecule has 2 unspecified atom stereocenters. The molecule has 1 aromatic heterocycles. The summed E-state index contributed by atoms with van der Waals surface area (Å²) in [4.78, 5) is 29.0. The summed E-state index contributed by atoms with van der Waals surface area (Å²) in [6.07, 6.45) is 0.685. The predicted octanol–water partition coefficient (Wildman–Crippen LogP) is 0.863. The summed E-state index contributed by atoms with van der Waals surface area (Å²) in [5.74, 6) is -0.629. The first-order valence-electron chi connectivity index (χ1n) is 6.38. The van der Waals surface area contributed by atoms with Crippen LogP contribution in [0.1, 0.15) is 49.6 Å². The third-order valence-electron chi connectivity index (χ3n) is 3.45. The SMILES string of the molecule is CC(C)c1nc(C(=O)N2CCC(C)C2C(=O)O)n[nH]1. The molecule has 19 heavy (non-hydrogen) atoms. The minimum atomic E-state index is -0.974. The number of aliphatic carboxylic acids is 1. The number of likely N-dealkylation sites (tertiary alicyclic amines) is 1. The lowest BCUT2D eigenvalue weighted by molar-refractivity contribution is -0.142. The normalized spacial score (nSPS) is 23.1. The van der Waals surface area contributed by atoms with Crippen molar-refractivity contribution in [1.29, 1.82) is 0 Å². The maximum absolute atomic E-state index is 12.3. The fourth-order valence-electron chi connectivity index (χ4n) is 2.31. The smallest absolute Gasteiger partial charge is 0.326 e. The van der Waals surface area contributed by atoms with Gasteiger partial charge in [0.15, 0.2) is 0 Å². The second-order valence-corrected chi connectivity index (χ2v) is 5.25. The van der Waals surface area contributed by atoms with E-state index in [0.29, 0.717) is 18.8 Å². The van der Waals surface area contributed by atoms with Gasteiger partial charge in [0.2, 0.25) is 5.82 Å². The lowest BCUT2D eigenvalue weighted by Gasteiger charge is -2.21. The minimum absolute atomic E-state index is 0.0454. The first-order valence-corrected chi connectivity index (χ1v) is 6.38. The predicted molar refractivity (Wildman–Crippen MR) is 66.7 cm³/mol. The molecule has 7 nitrogen and oxygen atoms in total. The molecule has 2 heterocycles. The largest absolute Gasteiger partial charge is 0.480 e. The van der Waals surface area contributed by atoms with Crippen LogP contribution in [0, 0.1) is 5.92 Å². The monoisotopic (exact) mass is 266 g/mol. The van der Waals surface area contributed by atoms with Gasteiger partial charge in [-0.15, -0.1) is 5.10 Å². The Balaban J connectivity index is 2.21. The van der Waals surface area contributed by atoms with E-state index in [1.165, 1.54) is 4.90 Å². The Bertz CT molecular complexity index is 497. The highest BCUT2D eigenvalue weighted by atomic mass is 16.4. The molecule has 1 saturated heterocycles. The number of rotatable bonds is 3. The topological polar surface area (TPSA) is 99.2 Å². The molecule has 0 radical (unpaired) electrons. The van der Waals surface area contributed by atoms with Crippen molar-refractivity contribution >= 4 is 11.9 Å². The summed E-state index contributed by atoms with van der Waals surface area (Å²) in [6, 6.07) is -0.784. The van der Waals surface area contributed by atoms with Gasteiger partial charge in [-0.1, -0.05) is 20.8 Å². The Hall–Kier alpha value is -1.92. The maximum Gasteiger partial charge on any atom is 0.326 e. The minimum Gasteiger partial charge on any atom is -0.480 e. The highest BCUT2D eigenvalue weighted by Gasteiger charge is 2.40. The molecule has 1 fully saturated rings. The third-order valence-corrected chi connectivity index (χ3v) is 3.45. The first kappa shape index (κ1) is 13.5. The Morgan fingerprint density at radius 1 is 1.47 bits per heavy atom. The van der Waals surface area contributed by atoms with E-state index in [-0.39, 0.29) is 17.7 Å². The van der Waals surface area contributed by atoms with Crippen LogP contribution < -0.4 is 0 Å². The van der Waals surface area contributed by atoms with E-state index in [9.17, 15) is 14.7 Å².